The third-order valence-electron chi connectivity index (χ3n) is 3.66. The number of furan rings is 1. The number of carbonyl (C=O) groups is 1. The van der Waals surface area contributed by atoms with Crippen LogP contribution in [0.15, 0.2) is 59.2 Å². The van der Waals surface area contributed by atoms with E-state index in [-0.39, 0.29) is 12.1 Å². The minimum absolute atomic E-state index is 0.122. The molecule has 0 fully saturated rings. The minimum atomic E-state index is -0.263. The zero-order valence-electron chi connectivity index (χ0n) is 14.7. The molecule has 1 aromatic heterocycles. The molecule has 2 amide bonds. The number of amides is 2. The number of rotatable bonds is 6. The second kappa shape index (κ2) is 7.73. The van der Waals surface area contributed by atoms with Crippen molar-refractivity contribution in [3.63, 3.8) is 0 Å². The van der Waals surface area contributed by atoms with Gasteiger partial charge in [0.25, 0.3) is 0 Å². The smallest absolute Gasteiger partial charge is 0.324 e. The van der Waals surface area contributed by atoms with Crippen molar-refractivity contribution in [1.82, 2.24) is 4.90 Å². The molecule has 0 aliphatic heterocycles. The van der Waals surface area contributed by atoms with Gasteiger partial charge < -0.3 is 14.1 Å². The van der Waals surface area contributed by atoms with E-state index in [1.165, 1.54) is 0 Å². The Hall–Kier alpha value is -2.69. The van der Waals surface area contributed by atoms with E-state index in [0.29, 0.717) is 6.42 Å². The van der Waals surface area contributed by atoms with E-state index in [0.717, 1.165) is 22.8 Å². The van der Waals surface area contributed by atoms with E-state index in [4.69, 9.17) is 9.15 Å². The van der Waals surface area contributed by atoms with Crippen molar-refractivity contribution in [3.8, 4) is 5.75 Å². The number of carbonyl (C=O) groups excluding carboxylic acids is 1. The van der Waals surface area contributed by atoms with Gasteiger partial charge in [-0.3, -0.25) is 4.90 Å². The molecular formula is C19H24N2O3. The molecule has 0 saturated carbocycles. The van der Waals surface area contributed by atoms with Gasteiger partial charge in [0.15, 0.2) is 0 Å². The van der Waals surface area contributed by atoms with Crippen LogP contribution in [0.25, 0.3) is 0 Å². The molecule has 2 aromatic rings. The van der Waals surface area contributed by atoms with E-state index in [1.807, 2.05) is 43.3 Å². The average molecular weight is 328 g/mol. The molecule has 1 atom stereocenters. The number of hydrogen-bond acceptors (Lipinski definition) is 3. The van der Waals surface area contributed by atoms with Crippen molar-refractivity contribution in [1.29, 1.82) is 0 Å². The standard InChI is InChI=1S/C19H24N2O3/c1-14(2)13-17(18-7-6-12-24-18)21(19(22)20(3)4)15-8-10-16(23-5)11-9-15/h6-12,17H,1,13H2,2-5H3/t17-/m1/s1. The second-order valence-corrected chi connectivity index (χ2v) is 5.94. The lowest BCUT2D eigenvalue weighted by molar-refractivity contribution is 0.220. The van der Waals surface area contributed by atoms with Crippen molar-refractivity contribution in [2.45, 2.75) is 19.4 Å². The molecule has 24 heavy (non-hydrogen) atoms. The van der Waals surface area contributed by atoms with Crippen LogP contribution in [0, 0.1) is 0 Å². The van der Waals surface area contributed by atoms with Crippen LogP contribution < -0.4 is 9.64 Å². The maximum absolute atomic E-state index is 12.9. The van der Waals surface area contributed by atoms with Crippen LogP contribution in [-0.2, 0) is 0 Å². The van der Waals surface area contributed by atoms with Gasteiger partial charge in [0, 0.05) is 19.8 Å². The zero-order valence-corrected chi connectivity index (χ0v) is 14.7. The Labute approximate surface area is 143 Å². The van der Waals surface area contributed by atoms with Crippen LogP contribution in [0.3, 0.4) is 0 Å². The Kier molecular flexibility index (Phi) is 5.68. The number of hydrogen-bond donors (Lipinski definition) is 0. The first kappa shape index (κ1) is 17.7. The van der Waals surface area contributed by atoms with E-state index in [2.05, 4.69) is 6.58 Å². The topological polar surface area (TPSA) is 45.9 Å². The average Bonchev–Trinajstić information content (AvgIpc) is 3.08. The largest absolute Gasteiger partial charge is 0.497 e. The van der Waals surface area contributed by atoms with Gasteiger partial charge in [-0.25, -0.2) is 4.79 Å². The second-order valence-electron chi connectivity index (χ2n) is 5.94. The number of urea groups is 1. The van der Waals surface area contributed by atoms with Gasteiger partial charge in [-0.15, -0.1) is 6.58 Å². The van der Waals surface area contributed by atoms with Crippen LogP contribution in [-0.4, -0.2) is 32.1 Å². The van der Waals surface area contributed by atoms with Gasteiger partial charge in [-0.2, -0.15) is 0 Å². The van der Waals surface area contributed by atoms with Gasteiger partial charge in [0.1, 0.15) is 17.6 Å². The molecule has 128 valence electrons. The summed E-state index contributed by atoms with van der Waals surface area (Å²) in [7, 11) is 5.09. The van der Waals surface area contributed by atoms with Crippen LogP contribution >= 0.6 is 0 Å². The fourth-order valence-electron chi connectivity index (χ4n) is 2.51. The third-order valence-corrected chi connectivity index (χ3v) is 3.66. The number of ether oxygens (including phenoxy) is 1. The predicted molar refractivity (Wildman–Crippen MR) is 95.4 cm³/mol. The van der Waals surface area contributed by atoms with E-state index >= 15 is 0 Å². The zero-order chi connectivity index (χ0) is 17.7. The molecule has 0 spiro atoms. The first-order valence-corrected chi connectivity index (χ1v) is 7.76. The highest BCUT2D eigenvalue weighted by Gasteiger charge is 2.30. The molecular weight excluding hydrogens is 304 g/mol. The van der Waals surface area contributed by atoms with Gasteiger partial charge in [-0.1, -0.05) is 5.57 Å². The van der Waals surface area contributed by atoms with Gasteiger partial charge in [0.05, 0.1) is 13.4 Å². The molecule has 0 saturated heterocycles. The van der Waals surface area contributed by atoms with Crippen molar-refractivity contribution < 1.29 is 13.9 Å². The van der Waals surface area contributed by atoms with E-state index in [9.17, 15) is 4.79 Å². The molecule has 0 aliphatic rings. The Bertz CT molecular complexity index is 675. The summed E-state index contributed by atoms with van der Waals surface area (Å²) in [5.41, 5.74) is 1.75. The highest BCUT2D eigenvalue weighted by molar-refractivity contribution is 5.92. The van der Waals surface area contributed by atoms with E-state index in [1.54, 1.807) is 37.3 Å². The minimum Gasteiger partial charge on any atom is -0.497 e. The lowest BCUT2D eigenvalue weighted by atomic mass is 10.0. The molecule has 1 aromatic carbocycles. The van der Waals surface area contributed by atoms with Crippen LogP contribution in [0.5, 0.6) is 5.75 Å². The third kappa shape index (κ3) is 3.98. The normalized spacial score (nSPS) is 11.7. The maximum atomic E-state index is 12.9. The van der Waals surface area contributed by atoms with Gasteiger partial charge in [-0.05, 0) is 49.7 Å². The first-order valence-electron chi connectivity index (χ1n) is 7.76. The van der Waals surface area contributed by atoms with Crippen molar-refractivity contribution >= 4 is 11.7 Å². The summed E-state index contributed by atoms with van der Waals surface area (Å²) in [4.78, 5) is 16.1. The quantitative estimate of drug-likeness (QED) is 0.734. The summed E-state index contributed by atoms with van der Waals surface area (Å²) in [5.74, 6) is 1.47. The van der Waals surface area contributed by atoms with Gasteiger partial charge >= 0.3 is 6.03 Å². The number of anilines is 1. The molecule has 0 aliphatic carbocycles. The molecule has 0 radical (unpaired) electrons. The SMILES string of the molecule is C=C(C)C[C@H](c1ccco1)N(C(=O)N(C)C)c1ccc(OC)cc1. The molecule has 0 N–H and O–H groups in total. The highest BCUT2D eigenvalue weighted by atomic mass is 16.5. The van der Waals surface area contributed by atoms with Crippen LogP contribution in [0.2, 0.25) is 0 Å². The molecule has 5 heteroatoms. The number of nitrogens with zero attached hydrogens (tertiary/aromatic N) is 2. The van der Waals surface area contributed by atoms with Crippen LogP contribution in [0.4, 0.5) is 10.5 Å². The summed E-state index contributed by atoms with van der Waals surface area (Å²) in [6.45, 7) is 5.95. The van der Waals surface area contributed by atoms with E-state index < -0.39 is 0 Å². The first-order chi connectivity index (χ1) is 11.4. The lowest BCUT2D eigenvalue weighted by Gasteiger charge is -2.33. The number of benzene rings is 1. The summed E-state index contributed by atoms with van der Waals surface area (Å²) < 4.78 is 10.8. The molecule has 5 nitrogen and oxygen atoms in total. The summed E-state index contributed by atoms with van der Waals surface area (Å²) in [6.07, 6.45) is 2.23. The highest BCUT2D eigenvalue weighted by Crippen LogP contribution is 2.33. The van der Waals surface area contributed by atoms with Crippen molar-refractivity contribution in [3.05, 3.63) is 60.6 Å². The molecule has 0 bridgehead atoms. The Morgan fingerprint density at radius 1 is 1.25 bits per heavy atom. The Morgan fingerprint density at radius 3 is 2.38 bits per heavy atom. The summed E-state index contributed by atoms with van der Waals surface area (Å²) >= 11 is 0. The predicted octanol–water partition coefficient (Wildman–Crippen LogP) is 4.48. The van der Waals surface area contributed by atoms with Crippen LogP contribution in [0.1, 0.15) is 25.1 Å². The van der Waals surface area contributed by atoms with Crippen molar-refractivity contribution in [2.24, 2.45) is 0 Å². The van der Waals surface area contributed by atoms with Crippen molar-refractivity contribution in [2.75, 3.05) is 26.1 Å². The fourth-order valence-corrected chi connectivity index (χ4v) is 2.51. The number of methoxy groups -OCH3 is 1. The molecule has 1 heterocycles. The molecule has 2 rings (SSSR count). The Balaban J connectivity index is 2.49. The molecule has 0 unspecified atom stereocenters. The summed E-state index contributed by atoms with van der Waals surface area (Å²) in [5, 5.41) is 0. The fraction of sp³-hybridized carbons (Fsp3) is 0.316. The van der Waals surface area contributed by atoms with Gasteiger partial charge in [0.2, 0.25) is 0 Å². The Morgan fingerprint density at radius 2 is 1.92 bits per heavy atom. The lowest BCUT2D eigenvalue weighted by Crippen LogP contribution is -2.42. The summed E-state index contributed by atoms with van der Waals surface area (Å²) in [6, 6.07) is 10.7. The maximum Gasteiger partial charge on any atom is 0.324 e. The monoisotopic (exact) mass is 328 g/mol.